The maximum atomic E-state index is 2.47. The van der Waals surface area contributed by atoms with Crippen molar-refractivity contribution in [2.24, 2.45) is 0 Å². The summed E-state index contributed by atoms with van der Waals surface area (Å²) in [6.07, 6.45) is 9.41. The molecule has 2 aliphatic carbocycles. The van der Waals surface area contributed by atoms with Gasteiger partial charge in [0, 0.05) is 0 Å². The summed E-state index contributed by atoms with van der Waals surface area (Å²) in [4.78, 5) is 0. The minimum Gasteiger partial charge on any atom is -0.0685 e. The van der Waals surface area contributed by atoms with Crippen molar-refractivity contribution < 1.29 is 37.7 Å². The van der Waals surface area contributed by atoms with Crippen molar-refractivity contribution in [2.75, 3.05) is 0 Å². The first-order valence-electron chi connectivity index (χ1n) is 6.31. The van der Waals surface area contributed by atoms with Gasteiger partial charge in [0.05, 0.1) is 8.07 Å². The van der Waals surface area contributed by atoms with Gasteiger partial charge in [0.2, 0.25) is 0 Å². The summed E-state index contributed by atoms with van der Waals surface area (Å²) < 4.78 is 0. The Hall–Kier alpha value is 1.41. The van der Waals surface area contributed by atoms with Gasteiger partial charge in [0.1, 0.15) is 0 Å². The second-order valence-corrected chi connectivity index (χ2v) is 10.2. The van der Waals surface area contributed by atoms with E-state index in [4.69, 9.17) is 0 Å². The summed E-state index contributed by atoms with van der Waals surface area (Å²) in [6.45, 7) is 13.8. The molecule has 2 saturated carbocycles. The number of rotatable bonds is 2. The molecule has 0 heterocycles. The molecule has 2 rings (SSSR count). The van der Waals surface area contributed by atoms with Gasteiger partial charge in [-0.25, -0.2) is 0 Å². The van der Waals surface area contributed by atoms with Crippen LogP contribution in [0, 0.1) is 60.4 Å². The van der Waals surface area contributed by atoms with E-state index in [0.29, 0.717) is 0 Å². The molecule has 19 heavy (non-hydrogen) atoms. The van der Waals surface area contributed by atoms with Crippen LogP contribution < -0.4 is 37.7 Å². The first-order valence-corrected chi connectivity index (χ1v) is 9.31. The molecule has 0 saturated heterocycles. The molecule has 2 aliphatic rings. The van der Waals surface area contributed by atoms with E-state index in [9.17, 15) is 0 Å². The first kappa shape index (κ1) is 20.4. The molecule has 0 atom stereocenters. The third-order valence-electron chi connectivity index (χ3n) is 3.83. The number of hydrogen-bond donors (Lipinski definition) is 0. The van der Waals surface area contributed by atoms with Crippen molar-refractivity contribution in [1.29, 1.82) is 0 Å². The predicted octanol–water partition coefficient (Wildman–Crippen LogP) is -1.85. The van der Waals surface area contributed by atoms with Gasteiger partial charge in [-0.05, 0) is 60.4 Å². The minimum absolute atomic E-state index is 0. The van der Waals surface area contributed by atoms with E-state index in [1.165, 1.54) is 23.7 Å². The fraction of sp³-hybridized carbons (Fsp3) is 0.375. The Bertz CT molecular complexity index is 254. The Labute approximate surface area is 146 Å². The van der Waals surface area contributed by atoms with Crippen molar-refractivity contribution in [3.8, 4) is 0 Å². The zero-order valence-corrected chi connectivity index (χ0v) is 14.8. The van der Waals surface area contributed by atoms with Crippen LogP contribution in [0.3, 0.4) is 0 Å². The van der Waals surface area contributed by atoms with Crippen LogP contribution in [-0.4, -0.2) is 8.07 Å². The van der Waals surface area contributed by atoms with Gasteiger partial charge in [-0.15, -0.1) is 0 Å². The van der Waals surface area contributed by atoms with Crippen molar-refractivity contribution in [2.45, 2.75) is 40.8 Å². The third-order valence-corrected chi connectivity index (χ3v) is 7.60. The van der Waals surface area contributed by atoms with E-state index in [-0.39, 0.29) is 37.7 Å². The molecule has 0 aromatic rings. The standard InChI is InChI=1S/C16H22Si.2Li/c1-11-7-13(3)15(9-11)17(5,6)16-10-12(2)8-14(16)4;;/h7-10H,1-6H3;;/q;2*+1. The van der Waals surface area contributed by atoms with Crippen LogP contribution in [0.5, 0.6) is 0 Å². The summed E-state index contributed by atoms with van der Waals surface area (Å²) in [6, 6.07) is 0. The van der Waals surface area contributed by atoms with Crippen molar-refractivity contribution in [1.82, 2.24) is 0 Å². The summed E-state index contributed by atoms with van der Waals surface area (Å²) in [7, 11) is -1.50. The molecule has 3 heteroatoms. The Morgan fingerprint density at radius 3 is 1.16 bits per heavy atom. The topological polar surface area (TPSA) is 0 Å². The quantitative estimate of drug-likeness (QED) is 0.509. The van der Waals surface area contributed by atoms with E-state index >= 15 is 0 Å². The second kappa shape index (κ2) is 7.61. The Kier molecular flexibility index (Phi) is 8.17. The molecule has 0 aromatic carbocycles. The van der Waals surface area contributed by atoms with Gasteiger partial charge in [-0.1, -0.05) is 40.8 Å². The minimum atomic E-state index is -1.50. The fourth-order valence-corrected chi connectivity index (χ4v) is 6.68. The van der Waals surface area contributed by atoms with Crippen LogP contribution in [0.4, 0.5) is 0 Å². The zero-order chi connectivity index (χ0) is 12.8. The van der Waals surface area contributed by atoms with Crippen LogP contribution >= 0.6 is 0 Å². The van der Waals surface area contributed by atoms with Crippen molar-refractivity contribution in [3.63, 3.8) is 0 Å². The Balaban J connectivity index is 0.00000162. The molecule has 0 N–H and O–H groups in total. The summed E-state index contributed by atoms with van der Waals surface area (Å²) in [5.74, 6) is 5.74. The predicted molar refractivity (Wildman–Crippen MR) is 76.8 cm³/mol. The third kappa shape index (κ3) is 4.20. The monoisotopic (exact) mass is 256 g/mol. The average molecular weight is 256 g/mol. The van der Waals surface area contributed by atoms with Crippen molar-refractivity contribution in [3.05, 3.63) is 60.4 Å². The van der Waals surface area contributed by atoms with Gasteiger partial charge >= 0.3 is 37.7 Å². The largest absolute Gasteiger partial charge is 1.00 e. The van der Waals surface area contributed by atoms with Gasteiger partial charge < -0.3 is 0 Å². The maximum Gasteiger partial charge on any atom is 1.00 e. The SMILES string of the molecule is C[C]1[CH][C](C)[C]([Si](C)(C)[C]2[CH][C](C)[CH][C]2C)[CH]1.[Li+].[Li+]. The van der Waals surface area contributed by atoms with Gasteiger partial charge in [-0.2, -0.15) is 0 Å². The van der Waals surface area contributed by atoms with Gasteiger partial charge in [0.15, 0.2) is 0 Å². The van der Waals surface area contributed by atoms with E-state index < -0.39 is 8.07 Å². The molecule has 0 unspecified atom stereocenters. The molecular formula is C16H22Li2Si+2. The molecular weight excluding hydrogens is 234 g/mol. The van der Waals surface area contributed by atoms with Crippen molar-refractivity contribution >= 4 is 8.07 Å². The molecule has 0 bridgehead atoms. The summed E-state index contributed by atoms with van der Waals surface area (Å²) >= 11 is 0. The molecule has 0 aliphatic heterocycles. The Morgan fingerprint density at radius 2 is 0.947 bits per heavy atom. The van der Waals surface area contributed by atoms with Crippen LogP contribution in [-0.2, 0) is 0 Å². The van der Waals surface area contributed by atoms with Crippen LogP contribution in [0.2, 0.25) is 13.1 Å². The normalized spacial score (nSPS) is 25.6. The zero-order valence-electron chi connectivity index (χ0n) is 13.8. The van der Waals surface area contributed by atoms with Gasteiger partial charge in [0.25, 0.3) is 0 Å². The van der Waals surface area contributed by atoms with Crippen LogP contribution in [0.1, 0.15) is 27.7 Å². The van der Waals surface area contributed by atoms with Crippen LogP contribution in [0.15, 0.2) is 0 Å². The van der Waals surface area contributed by atoms with E-state index in [1.807, 2.05) is 0 Å². The smallest absolute Gasteiger partial charge is 0.0685 e. The molecule has 10 radical (unpaired) electrons. The molecule has 0 amide bonds. The molecule has 0 nitrogen and oxygen atoms in total. The maximum absolute atomic E-state index is 2.47. The molecule has 0 aromatic heterocycles. The van der Waals surface area contributed by atoms with E-state index in [2.05, 4.69) is 66.5 Å². The Morgan fingerprint density at radius 1 is 0.632 bits per heavy atom. The summed E-state index contributed by atoms with van der Waals surface area (Å²) in [5, 5.41) is 0. The summed E-state index contributed by atoms with van der Waals surface area (Å²) in [5.41, 5.74) is 3.20. The average Bonchev–Trinajstić information content (AvgIpc) is 2.70. The first-order chi connectivity index (χ1) is 7.82. The second-order valence-electron chi connectivity index (χ2n) is 5.88. The fourth-order valence-electron chi connectivity index (χ4n) is 3.10. The van der Waals surface area contributed by atoms with Gasteiger partial charge in [-0.3, -0.25) is 0 Å². The number of hydrogen-bond acceptors (Lipinski definition) is 0. The molecule has 90 valence electrons. The molecule has 0 spiro atoms. The van der Waals surface area contributed by atoms with E-state index in [1.54, 1.807) is 11.1 Å². The molecule has 2 fully saturated rings. The van der Waals surface area contributed by atoms with Crippen LogP contribution in [0.25, 0.3) is 0 Å². The van der Waals surface area contributed by atoms with E-state index in [0.717, 1.165) is 0 Å².